The number of nitrogens with zero attached hydrogens (tertiary/aromatic N) is 2. The molecule has 8 heteroatoms. The molecule has 1 fully saturated rings. The van der Waals surface area contributed by atoms with Crippen molar-refractivity contribution in [1.82, 2.24) is 9.80 Å². The van der Waals surface area contributed by atoms with Crippen LogP contribution < -0.4 is 5.32 Å². The summed E-state index contributed by atoms with van der Waals surface area (Å²) in [6, 6.07) is 2.78. The summed E-state index contributed by atoms with van der Waals surface area (Å²) in [5.41, 5.74) is -1.22. The lowest BCUT2D eigenvalue weighted by molar-refractivity contribution is -0.136. The van der Waals surface area contributed by atoms with Crippen LogP contribution in [-0.2, 0) is 6.18 Å². The molecule has 4 nitrogen and oxygen atoms in total. The van der Waals surface area contributed by atoms with Crippen LogP contribution in [0, 0.1) is 0 Å². The first-order chi connectivity index (χ1) is 10.3. The molecule has 22 heavy (non-hydrogen) atoms. The van der Waals surface area contributed by atoms with Crippen molar-refractivity contribution in [2.24, 2.45) is 0 Å². The maximum atomic E-state index is 13.0. The zero-order chi connectivity index (χ0) is 16.3. The number of alkyl halides is 3. The van der Waals surface area contributed by atoms with Gasteiger partial charge in [-0.3, -0.25) is 0 Å². The van der Waals surface area contributed by atoms with Crippen LogP contribution in [0.4, 0.5) is 23.7 Å². The molecule has 0 spiro atoms. The van der Waals surface area contributed by atoms with Crippen LogP contribution in [0.5, 0.6) is 0 Å². The van der Waals surface area contributed by atoms with Gasteiger partial charge in [0.05, 0.1) is 11.3 Å². The second-order valence-corrected chi connectivity index (χ2v) is 5.48. The lowest BCUT2D eigenvalue weighted by Crippen LogP contribution is -2.49. The van der Waals surface area contributed by atoms with Gasteiger partial charge < -0.3 is 15.1 Å². The maximum Gasteiger partial charge on any atom is 0.418 e. The van der Waals surface area contributed by atoms with E-state index in [9.17, 15) is 18.0 Å². The molecular weight excluding hydrogens is 319 g/mol. The van der Waals surface area contributed by atoms with Gasteiger partial charge in [-0.2, -0.15) is 13.2 Å². The first-order valence-electron chi connectivity index (χ1n) is 6.96. The zero-order valence-corrected chi connectivity index (χ0v) is 12.8. The molecular formula is C14H17ClF3N3O. The topological polar surface area (TPSA) is 35.6 Å². The number of amides is 2. The quantitative estimate of drug-likeness (QED) is 0.897. The number of likely N-dealkylation sites (N-methyl/N-ethyl adjacent to an activating group) is 1. The summed E-state index contributed by atoms with van der Waals surface area (Å²) < 4.78 is 39.0. The fourth-order valence-corrected chi connectivity index (χ4v) is 2.49. The molecule has 1 aromatic carbocycles. The van der Waals surface area contributed by atoms with Crippen LogP contribution in [0.25, 0.3) is 0 Å². The molecule has 0 unspecified atom stereocenters. The molecule has 1 aromatic rings. The highest BCUT2D eigenvalue weighted by atomic mass is 35.5. The third-order valence-electron chi connectivity index (χ3n) is 3.64. The highest BCUT2D eigenvalue weighted by molar-refractivity contribution is 6.30. The van der Waals surface area contributed by atoms with E-state index in [1.165, 1.54) is 17.0 Å². The van der Waals surface area contributed by atoms with Gasteiger partial charge in [-0.15, -0.1) is 0 Å². The number of carbonyl (C=O) groups excluding carboxylic acids is 1. The second-order valence-electron chi connectivity index (χ2n) is 5.04. The van der Waals surface area contributed by atoms with E-state index in [-0.39, 0.29) is 10.7 Å². The molecule has 0 aliphatic carbocycles. The van der Waals surface area contributed by atoms with Gasteiger partial charge in [0.1, 0.15) is 0 Å². The van der Waals surface area contributed by atoms with E-state index < -0.39 is 17.8 Å². The third-order valence-corrected chi connectivity index (χ3v) is 3.87. The van der Waals surface area contributed by atoms with Crippen LogP contribution in [0.1, 0.15) is 12.5 Å². The fraction of sp³-hybridized carbons (Fsp3) is 0.500. The molecule has 0 bridgehead atoms. The number of urea groups is 1. The number of carbonyl (C=O) groups is 1. The summed E-state index contributed by atoms with van der Waals surface area (Å²) in [7, 11) is 0. The Morgan fingerprint density at radius 2 is 1.91 bits per heavy atom. The number of halogens is 4. The molecule has 0 saturated carbocycles. The number of piperazine rings is 1. The Labute approximate surface area is 131 Å². The lowest BCUT2D eigenvalue weighted by atomic mass is 10.1. The summed E-state index contributed by atoms with van der Waals surface area (Å²) in [6.07, 6.45) is -4.57. The van der Waals surface area contributed by atoms with Crippen molar-refractivity contribution >= 4 is 23.3 Å². The monoisotopic (exact) mass is 335 g/mol. The fourth-order valence-electron chi connectivity index (χ4n) is 2.32. The van der Waals surface area contributed by atoms with Crippen molar-refractivity contribution in [3.63, 3.8) is 0 Å². The Bertz CT molecular complexity index is 543. The molecule has 1 aliphatic rings. The van der Waals surface area contributed by atoms with Crippen molar-refractivity contribution in [2.45, 2.75) is 13.1 Å². The molecule has 0 atom stereocenters. The van der Waals surface area contributed by atoms with Crippen molar-refractivity contribution in [3.05, 3.63) is 28.8 Å². The molecule has 1 aliphatic heterocycles. The predicted octanol–water partition coefficient (Wildman–Crippen LogP) is 3.53. The maximum absolute atomic E-state index is 13.0. The van der Waals surface area contributed by atoms with Gasteiger partial charge in [0, 0.05) is 31.2 Å². The van der Waals surface area contributed by atoms with Crippen molar-refractivity contribution in [1.29, 1.82) is 0 Å². The number of rotatable bonds is 2. The highest BCUT2D eigenvalue weighted by Crippen LogP contribution is 2.36. The molecule has 2 rings (SSSR count). The number of hydrogen-bond donors (Lipinski definition) is 1. The number of anilines is 1. The van der Waals surface area contributed by atoms with Gasteiger partial charge in [-0.05, 0) is 24.7 Å². The first kappa shape index (κ1) is 16.9. The molecule has 1 saturated heterocycles. The summed E-state index contributed by atoms with van der Waals surface area (Å²) in [6.45, 7) is 5.35. The first-order valence-corrected chi connectivity index (χ1v) is 7.34. The van der Waals surface area contributed by atoms with Gasteiger partial charge in [-0.1, -0.05) is 18.5 Å². The van der Waals surface area contributed by atoms with Gasteiger partial charge in [0.25, 0.3) is 0 Å². The zero-order valence-electron chi connectivity index (χ0n) is 12.1. The van der Waals surface area contributed by atoms with E-state index in [4.69, 9.17) is 11.6 Å². The van der Waals surface area contributed by atoms with Crippen molar-refractivity contribution in [3.8, 4) is 0 Å². The Balaban J connectivity index is 2.09. The van der Waals surface area contributed by atoms with Gasteiger partial charge in [0.2, 0.25) is 0 Å². The lowest BCUT2D eigenvalue weighted by Gasteiger charge is -2.34. The molecule has 1 heterocycles. The largest absolute Gasteiger partial charge is 0.418 e. The van der Waals surface area contributed by atoms with E-state index in [0.717, 1.165) is 25.7 Å². The normalized spacial score (nSPS) is 16.7. The van der Waals surface area contributed by atoms with E-state index >= 15 is 0 Å². The van der Waals surface area contributed by atoms with Crippen molar-refractivity contribution in [2.75, 3.05) is 38.0 Å². The predicted molar refractivity (Wildman–Crippen MR) is 79.2 cm³/mol. The minimum absolute atomic E-state index is 0.0260. The number of hydrogen-bond acceptors (Lipinski definition) is 2. The Hall–Kier alpha value is -1.47. The number of nitrogens with one attached hydrogen (secondary N) is 1. The molecule has 122 valence electrons. The van der Waals surface area contributed by atoms with E-state index in [0.29, 0.717) is 13.1 Å². The minimum Gasteiger partial charge on any atom is -0.322 e. The number of benzene rings is 1. The van der Waals surface area contributed by atoms with E-state index in [1.54, 1.807) is 0 Å². The van der Waals surface area contributed by atoms with Crippen LogP contribution in [0.3, 0.4) is 0 Å². The Morgan fingerprint density at radius 1 is 1.27 bits per heavy atom. The summed E-state index contributed by atoms with van der Waals surface area (Å²) in [5, 5.41) is 2.31. The molecule has 1 N–H and O–H groups in total. The van der Waals surface area contributed by atoms with Crippen molar-refractivity contribution < 1.29 is 18.0 Å². The summed E-state index contributed by atoms with van der Waals surface area (Å²) in [5.74, 6) is 0. The Morgan fingerprint density at radius 3 is 2.45 bits per heavy atom. The molecule has 2 amide bonds. The average Bonchev–Trinajstić information content (AvgIpc) is 2.48. The third kappa shape index (κ3) is 4.04. The van der Waals surface area contributed by atoms with Crippen LogP contribution in [-0.4, -0.2) is 48.6 Å². The summed E-state index contributed by atoms with van der Waals surface area (Å²) >= 11 is 5.61. The van der Waals surface area contributed by atoms with E-state index in [1.807, 2.05) is 6.92 Å². The SMILES string of the molecule is CCN1CCN(C(=O)Nc2ccc(Cl)cc2C(F)(F)F)CC1. The van der Waals surface area contributed by atoms with Gasteiger partial charge in [-0.25, -0.2) is 4.79 Å². The Kier molecular flexibility index (Phi) is 5.18. The average molecular weight is 336 g/mol. The summed E-state index contributed by atoms with van der Waals surface area (Å²) in [4.78, 5) is 15.8. The molecule has 0 aromatic heterocycles. The van der Waals surface area contributed by atoms with Crippen LogP contribution in [0.15, 0.2) is 18.2 Å². The van der Waals surface area contributed by atoms with Gasteiger partial charge >= 0.3 is 12.2 Å². The minimum atomic E-state index is -4.57. The highest BCUT2D eigenvalue weighted by Gasteiger charge is 2.34. The standard InChI is InChI=1S/C14H17ClF3N3O/c1-2-20-5-7-21(8-6-20)13(22)19-12-4-3-10(15)9-11(12)14(16,17)18/h3-4,9H,2,5-8H2,1H3,(H,19,22). The van der Waals surface area contributed by atoms with Crippen LogP contribution >= 0.6 is 11.6 Å². The van der Waals surface area contributed by atoms with Gasteiger partial charge in [0.15, 0.2) is 0 Å². The van der Waals surface area contributed by atoms with Crippen LogP contribution in [0.2, 0.25) is 5.02 Å². The van der Waals surface area contributed by atoms with E-state index in [2.05, 4.69) is 10.2 Å². The molecule has 0 radical (unpaired) electrons. The second kappa shape index (κ2) is 6.75. The smallest absolute Gasteiger partial charge is 0.322 e.